The molecule has 2 aromatic heterocycles. The van der Waals surface area contributed by atoms with Crippen LogP contribution in [-0.2, 0) is 11.2 Å². The summed E-state index contributed by atoms with van der Waals surface area (Å²) in [7, 11) is 0. The smallest absolute Gasteiger partial charge is 0.236 e. The highest BCUT2D eigenvalue weighted by atomic mass is 32.1. The van der Waals surface area contributed by atoms with Gasteiger partial charge < -0.3 is 9.32 Å². The highest BCUT2D eigenvalue weighted by molar-refractivity contribution is 7.13. The number of rotatable bonds is 4. The lowest BCUT2D eigenvalue weighted by Gasteiger charge is -2.27. The lowest BCUT2D eigenvalue weighted by molar-refractivity contribution is -0.132. The Morgan fingerprint density at radius 2 is 2.43 bits per heavy atom. The molecule has 0 unspecified atom stereocenters. The Bertz CT molecular complexity index is 604. The second-order valence-electron chi connectivity index (χ2n) is 5.84. The summed E-state index contributed by atoms with van der Waals surface area (Å²) in [6, 6.07) is 4.31. The van der Waals surface area contributed by atoms with Gasteiger partial charge in [-0.05, 0) is 30.2 Å². The molecule has 0 N–H and O–H groups in total. The van der Waals surface area contributed by atoms with Crippen LogP contribution in [0.15, 0.2) is 28.2 Å². The molecule has 1 aliphatic heterocycles. The van der Waals surface area contributed by atoms with E-state index < -0.39 is 0 Å². The normalized spacial score (nSPS) is 18.6. The van der Waals surface area contributed by atoms with Crippen LogP contribution in [0.5, 0.6) is 0 Å². The van der Waals surface area contributed by atoms with Crippen LogP contribution in [-0.4, -0.2) is 28.4 Å². The third-order valence-electron chi connectivity index (χ3n) is 4.01. The summed E-state index contributed by atoms with van der Waals surface area (Å²) in [5.74, 6) is 1.28. The minimum Gasteiger partial charge on any atom is -0.444 e. The number of aromatic nitrogens is 1. The molecule has 2 aromatic rings. The Labute approximate surface area is 128 Å². The van der Waals surface area contributed by atoms with Crippen molar-refractivity contribution in [2.24, 2.45) is 5.92 Å². The summed E-state index contributed by atoms with van der Waals surface area (Å²) >= 11 is 1.59. The third-order valence-corrected chi connectivity index (χ3v) is 4.86. The van der Waals surface area contributed by atoms with Crippen LogP contribution < -0.4 is 0 Å². The van der Waals surface area contributed by atoms with E-state index in [-0.39, 0.29) is 5.91 Å². The fourth-order valence-corrected chi connectivity index (χ4v) is 3.61. The van der Waals surface area contributed by atoms with Crippen molar-refractivity contribution in [1.29, 1.82) is 0 Å². The Morgan fingerprint density at radius 1 is 1.57 bits per heavy atom. The van der Waals surface area contributed by atoms with Crippen LogP contribution in [0.25, 0.3) is 10.8 Å². The van der Waals surface area contributed by atoms with Crippen LogP contribution in [0, 0.1) is 5.92 Å². The molecule has 1 saturated heterocycles. The minimum absolute atomic E-state index is 0.164. The summed E-state index contributed by atoms with van der Waals surface area (Å²) in [6.07, 6.45) is 4.15. The average molecular weight is 304 g/mol. The molecule has 0 aliphatic carbocycles. The molecule has 0 spiro atoms. The second-order valence-corrected chi connectivity index (χ2v) is 6.79. The van der Waals surface area contributed by atoms with E-state index in [4.69, 9.17) is 4.42 Å². The first-order valence-electron chi connectivity index (χ1n) is 7.43. The largest absolute Gasteiger partial charge is 0.444 e. The zero-order valence-electron chi connectivity index (χ0n) is 12.4. The van der Waals surface area contributed by atoms with Gasteiger partial charge in [0, 0.05) is 12.6 Å². The van der Waals surface area contributed by atoms with Crippen LogP contribution in [0.3, 0.4) is 0 Å². The van der Waals surface area contributed by atoms with Crippen molar-refractivity contribution in [1.82, 2.24) is 9.88 Å². The van der Waals surface area contributed by atoms with Gasteiger partial charge in [0.05, 0.1) is 17.0 Å². The molecule has 1 aliphatic rings. The molecule has 0 saturated carbocycles. The molecule has 3 heterocycles. The van der Waals surface area contributed by atoms with Gasteiger partial charge >= 0.3 is 0 Å². The minimum atomic E-state index is 0.164. The van der Waals surface area contributed by atoms with E-state index in [1.165, 1.54) is 0 Å². The molecule has 112 valence electrons. The van der Waals surface area contributed by atoms with Gasteiger partial charge in [-0.15, -0.1) is 11.3 Å². The summed E-state index contributed by atoms with van der Waals surface area (Å²) in [5, 5.41) is 1.99. The molecule has 0 bridgehead atoms. The third kappa shape index (κ3) is 3.02. The van der Waals surface area contributed by atoms with Gasteiger partial charge in [0.15, 0.2) is 0 Å². The van der Waals surface area contributed by atoms with E-state index >= 15 is 0 Å². The molecule has 1 amide bonds. The number of carbonyl (C=O) groups is 1. The predicted molar refractivity (Wildman–Crippen MR) is 83.1 cm³/mol. The van der Waals surface area contributed by atoms with Crippen LogP contribution in [0.4, 0.5) is 0 Å². The number of carbonyl (C=O) groups excluding carboxylic acids is 1. The van der Waals surface area contributed by atoms with Crippen molar-refractivity contribution in [2.45, 2.75) is 39.2 Å². The van der Waals surface area contributed by atoms with Crippen molar-refractivity contribution < 1.29 is 9.21 Å². The number of hydrogen-bond donors (Lipinski definition) is 0. The van der Waals surface area contributed by atoms with Gasteiger partial charge in [0.2, 0.25) is 11.8 Å². The maximum Gasteiger partial charge on any atom is 0.236 e. The molecule has 4 nitrogen and oxygen atoms in total. The molecule has 1 fully saturated rings. The van der Waals surface area contributed by atoms with E-state index in [0.717, 1.165) is 30.0 Å². The Morgan fingerprint density at radius 3 is 3.14 bits per heavy atom. The van der Waals surface area contributed by atoms with E-state index in [0.29, 0.717) is 24.3 Å². The molecule has 5 heteroatoms. The van der Waals surface area contributed by atoms with Gasteiger partial charge in [-0.2, -0.15) is 0 Å². The lowest BCUT2D eigenvalue weighted by Crippen LogP contribution is -2.39. The zero-order chi connectivity index (χ0) is 14.8. The average Bonchev–Trinajstić information content (AvgIpc) is 3.19. The number of nitrogens with zero attached hydrogens (tertiary/aromatic N) is 2. The van der Waals surface area contributed by atoms with E-state index in [1.54, 1.807) is 17.6 Å². The topological polar surface area (TPSA) is 46.3 Å². The van der Waals surface area contributed by atoms with E-state index in [1.807, 2.05) is 22.4 Å². The Hall–Kier alpha value is -1.62. The summed E-state index contributed by atoms with van der Waals surface area (Å²) in [6.45, 7) is 5.24. The standard InChI is InChI=1S/C16H20N2O2S/c1-11(2)13-5-3-7-18(13)15(19)9-12-10-20-16(17-12)14-6-4-8-21-14/h4,6,8,10-11,13H,3,5,7,9H2,1-2H3/t13-/m1/s1. The Balaban J connectivity index is 1.68. The van der Waals surface area contributed by atoms with Crippen molar-refractivity contribution >= 4 is 17.2 Å². The molecular formula is C16H20N2O2S. The summed E-state index contributed by atoms with van der Waals surface area (Å²) in [5.41, 5.74) is 0.720. The van der Waals surface area contributed by atoms with Gasteiger partial charge in [-0.25, -0.2) is 4.98 Å². The van der Waals surface area contributed by atoms with Gasteiger partial charge in [-0.3, -0.25) is 4.79 Å². The fourth-order valence-electron chi connectivity index (χ4n) is 2.95. The molecule has 1 atom stereocenters. The highest BCUT2D eigenvalue weighted by Gasteiger charge is 2.31. The molecule has 0 radical (unpaired) electrons. The van der Waals surface area contributed by atoms with Crippen LogP contribution in [0.1, 0.15) is 32.4 Å². The fraction of sp³-hybridized carbons (Fsp3) is 0.500. The maximum absolute atomic E-state index is 12.5. The van der Waals surface area contributed by atoms with Crippen LogP contribution >= 0.6 is 11.3 Å². The van der Waals surface area contributed by atoms with E-state index in [9.17, 15) is 4.79 Å². The number of oxazole rings is 1. The number of likely N-dealkylation sites (tertiary alicyclic amines) is 1. The van der Waals surface area contributed by atoms with Crippen molar-refractivity contribution in [2.75, 3.05) is 6.54 Å². The van der Waals surface area contributed by atoms with Gasteiger partial charge in [0.1, 0.15) is 6.26 Å². The molecule has 0 aromatic carbocycles. The maximum atomic E-state index is 12.5. The quantitative estimate of drug-likeness (QED) is 0.867. The SMILES string of the molecule is CC(C)[C@H]1CCCN1C(=O)Cc1coc(-c2cccs2)n1. The molecule has 21 heavy (non-hydrogen) atoms. The lowest BCUT2D eigenvalue weighted by atomic mass is 10.0. The first-order chi connectivity index (χ1) is 10.1. The first kappa shape index (κ1) is 14.3. The van der Waals surface area contributed by atoms with Gasteiger partial charge in [-0.1, -0.05) is 19.9 Å². The van der Waals surface area contributed by atoms with Crippen molar-refractivity contribution in [3.63, 3.8) is 0 Å². The number of amides is 1. The first-order valence-corrected chi connectivity index (χ1v) is 8.31. The molecular weight excluding hydrogens is 284 g/mol. The molecule has 3 rings (SSSR count). The number of thiophene rings is 1. The van der Waals surface area contributed by atoms with Crippen molar-refractivity contribution in [3.05, 3.63) is 29.5 Å². The predicted octanol–water partition coefficient (Wildman–Crippen LogP) is 3.59. The van der Waals surface area contributed by atoms with Crippen LogP contribution in [0.2, 0.25) is 0 Å². The Kier molecular flexibility index (Phi) is 4.10. The summed E-state index contributed by atoms with van der Waals surface area (Å²) in [4.78, 5) is 19.9. The number of hydrogen-bond acceptors (Lipinski definition) is 4. The zero-order valence-corrected chi connectivity index (χ0v) is 13.2. The highest BCUT2D eigenvalue weighted by Crippen LogP contribution is 2.26. The van der Waals surface area contributed by atoms with Crippen molar-refractivity contribution in [3.8, 4) is 10.8 Å². The second kappa shape index (κ2) is 6.02. The van der Waals surface area contributed by atoms with Gasteiger partial charge in [0.25, 0.3) is 0 Å². The monoisotopic (exact) mass is 304 g/mol. The van der Waals surface area contributed by atoms with E-state index in [2.05, 4.69) is 18.8 Å². The summed E-state index contributed by atoms with van der Waals surface area (Å²) < 4.78 is 5.48.